The van der Waals surface area contributed by atoms with Crippen LogP contribution in [-0.2, 0) is 4.79 Å². The molecule has 3 rings (SSSR count). The Morgan fingerprint density at radius 1 is 0.909 bits per heavy atom. The maximum atomic E-state index is 12.3. The van der Waals surface area contributed by atoms with Gasteiger partial charge in [0.05, 0.1) is 0 Å². The molecule has 0 aromatic heterocycles. The van der Waals surface area contributed by atoms with E-state index in [-0.39, 0.29) is 17.9 Å². The molecule has 0 radical (unpaired) electrons. The Bertz CT molecular complexity index is 528. The van der Waals surface area contributed by atoms with E-state index in [1.165, 1.54) is 6.42 Å². The molecule has 3 amide bonds. The minimum Gasteiger partial charge on any atom is -0.341 e. The van der Waals surface area contributed by atoms with Crippen LogP contribution in [0.15, 0.2) is 30.3 Å². The number of rotatable bonds is 2. The molecule has 2 fully saturated rings. The van der Waals surface area contributed by atoms with E-state index in [1.807, 2.05) is 35.2 Å². The highest BCUT2D eigenvalue weighted by Gasteiger charge is 2.30. The van der Waals surface area contributed by atoms with Crippen LogP contribution in [0, 0.1) is 5.92 Å². The largest absolute Gasteiger partial charge is 0.341 e. The van der Waals surface area contributed by atoms with Gasteiger partial charge in [0.2, 0.25) is 5.91 Å². The van der Waals surface area contributed by atoms with Crippen LogP contribution in [0.5, 0.6) is 0 Å². The fourth-order valence-corrected chi connectivity index (χ4v) is 2.98. The van der Waals surface area contributed by atoms with E-state index in [2.05, 4.69) is 5.32 Å². The number of hydrogen-bond donors (Lipinski definition) is 1. The van der Waals surface area contributed by atoms with Crippen molar-refractivity contribution in [3.63, 3.8) is 0 Å². The summed E-state index contributed by atoms with van der Waals surface area (Å²) in [5, 5.41) is 2.91. The Balaban J connectivity index is 1.53. The highest BCUT2D eigenvalue weighted by molar-refractivity contribution is 5.89. The molecule has 0 bridgehead atoms. The number of carbonyl (C=O) groups excluding carboxylic acids is 2. The topological polar surface area (TPSA) is 52.7 Å². The predicted molar refractivity (Wildman–Crippen MR) is 85.6 cm³/mol. The molecule has 1 aliphatic carbocycles. The van der Waals surface area contributed by atoms with E-state index in [9.17, 15) is 9.59 Å². The number of amides is 3. The highest BCUT2D eigenvalue weighted by Crippen LogP contribution is 2.28. The quantitative estimate of drug-likeness (QED) is 0.912. The van der Waals surface area contributed by atoms with E-state index in [4.69, 9.17) is 0 Å². The van der Waals surface area contributed by atoms with Gasteiger partial charge in [-0.05, 0) is 31.4 Å². The van der Waals surface area contributed by atoms with Crippen LogP contribution >= 0.6 is 0 Å². The normalized spacial score (nSPS) is 19.3. The van der Waals surface area contributed by atoms with Crippen LogP contribution in [0.3, 0.4) is 0 Å². The van der Waals surface area contributed by atoms with Gasteiger partial charge in [0.1, 0.15) is 0 Å². The van der Waals surface area contributed by atoms with Gasteiger partial charge in [-0.1, -0.05) is 24.6 Å². The zero-order chi connectivity index (χ0) is 15.4. The molecule has 1 aromatic rings. The number of anilines is 1. The van der Waals surface area contributed by atoms with Gasteiger partial charge in [0.25, 0.3) is 0 Å². The summed E-state index contributed by atoms with van der Waals surface area (Å²) >= 11 is 0. The zero-order valence-corrected chi connectivity index (χ0v) is 12.8. The lowest BCUT2D eigenvalue weighted by Crippen LogP contribution is -2.42. The Kier molecular flexibility index (Phi) is 4.61. The summed E-state index contributed by atoms with van der Waals surface area (Å²) in [5.74, 6) is 0.529. The first-order chi connectivity index (χ1) is 10.7. The highest BCUT2D eigenvalue weighted by atomic mass is 16.2. The van der Waals surface area contributed by atoms with Gasteiger partial charge in [-0.15, -0.1) is 0 Å². The maximum absolute atomic E-state index is 12.3. The standard InChI is InChI=1S/C17H23N3O2/c21-16(14-6-4-7-14)19-10-5-11-20(13-12-19)17(22)18-15-8-2-1-3-9-15/h1-3,8-9,14H,4-7,10-13H2,(H,18,22). The van der Waals surface area contributed by atoms with Crippen LogP contribution in [0.2, 0.25) is 0 Å². The van der Waals surface area contributed by atoms with Crippen molar-refractivity contribution in [1.82, 2.24) is 9.80 Å². The summed E-state index contributed by atoms with van der Waals surface area (Å²) in [5.41, 5.74) is 0.805. The minimum absolute atomic E-state index is 0.0795. The zero-order valence-electron chi connectivity index (χ0n) is 12.8. The van der Waals surface area contributed by atoms with Crippen LogP contribution < -0.4 is 5.32 Å². The summed E-state index contributed by atoms with van der Waals surface area (Å²) in [6.07, 6.45) is 4.09. The molecule has 22 heavy (non-hydrogen) atoms. The molecule has 0 atom stereocenters. The first-order valence-electron chi connectivity index (χ1n) is 8.14. The molecule has 1 saturated carbocycles. The van der Waals surface area contributed by atoms with E-state index < -0.39 is 0 Å². The minimum atomic E-state index is -0.0795. The number of nitrogens with zero attached hydrogens (tertiary/aromatic N) is 2. The monoisotopic (exact) mass is 301 g/mol. The number of para-hydroxylation sites is 1. The number of benzene rings is 1. The molecular weight excluding hydrogens is 278 g/mol. The van der Waals surface area contributed by atoms with Crippen molar-refractivity contribution in [1.29, 1.82) is 0 Å². The van der Waals surface area contributed by atoms with Crippen LogP contribution in [0.25, 0.3) is 0 Å². The van der Waals surface area contributed by atoms with E-state index >= 15 is 0 Å². The lowest BCUT2D eigenvalue weighted by molar-refractivity contribution is -0.138. The average Bonchev–Trinajstić information content (AvgIpc) is 2.72. The number of urea groups is 1. The van der Waals surface area contributed by atoms with E-state index in [1.54, 1.807) is 4.90 Å². The Hall–Kier alpha value is -2.04. The van der Waals surface area contributed by atoms with Crippen LogP contribution in [0.4, 0.5) is 10.5 Å². The summed E-state index contributed by atoms with van der Waals surface area (Å²) in [6, 6.07) is 9.40. The molecule has 1 aromatic carbocycles. The molecule has 1 aliphatic heterocycles. The Labute approximate surface area is 131 Å². The molecule has 118 valence electrons. The SMILES string of the molecule is O=C(Nc1ccccc1)N1CCCN(C(=O)C2CCC2)CC1. The molecule has 0 unspecified atom stereocenters. The third-order valence-corrected chi connectivity index (χ3v) is 4.57. The van der Waals surface area contributed by atoms with Crippen LogP contribution in [0.1, 0.15) is 25.7 Å². The molecule has 1 N–H and O–H groups in total. The third kappa shape index (κ3) is 3.40. The number of carbonyl (C=O) groups is 2. The van der Waals surface area contributed by atoms with Gasteiger partial charge < -0.3 is 15.1 Å². The second-order valence-electron chi connectivity index (χ2n) is 6.09. The molecule has 1 saturated heterocycles. The average molecular weight is 301 g/mol. The summed E-state index contributed by atoms with van der Waals surface area (Å²) in [7, 11) is 0. The number of nitrogens with one attached hydrogen (secondary N) is 1. The Morgan fingerprint density at radius 2 is 1.59 bits per heavy atom. The van der Waals surface area contributed by atoms with E-state index in [0.29, 0.717) is 19.6 Å². The third-order valence-electron chi connectivity index (χ3n) is 4.57. The van der Waals surface area contributed by atoms with Crippen molar-refractivity contribution in [3.05, 3.63) is 30.3 Å². The lowest BCUT2D eigenvalue weighted by Gasteiger charge is -2.31. The van der Waals surface area contributed by atoms with Gasteiger partial charge in [-0.25, -0.2) is 4.79 Å². The molecular formula is C17H23N3O2. The van der Waals surface area contributed by atoms with Gasteiger partial charge in [0, 0.05) is 37.8 Å². The van der Waals surface area contributed by atoms with Gasteiger partial charge in [-0.2, -0.15) is 0 Å². The van der Waals surface area contributed by atoms with Gasteiger partial charge in [0.15, 0.2) is 0 Å². The first kappa shape index (κ1) is 14.9. The summed E-state index contributed by atoms with van der Waals surface area (Å²) in [6.45, 7) is 2.73. The molecule has 0 spiro atoms. The predicted octanol–water partition coefficient (Wildman–Crippen LogP) is 2.55. The fraction of sp³-hybridized carbons (Fsp3) is 0.529. The molecule has 2 aliphatic rings. The van der Waals surface area contributed by atoms with Crippen molar-refractivity contribution >= 4 is 17.6 Å². The second-order valence-corrected chi connectivity index (χ2v) is 6.09. The summed E-state index contributed by atoms with van der Waals surface area (Å²) in [4.78, 5) is 28.4. The first-order valence-corrected chi connectivity index (χ1v) is 8.14. The maximum Gasteiger partial charge on any atom is 0.321 e. The van der Waals surface area contributed by atoms with E-state index in [0.717, 1.165) is 31.5 Å². The molecule has 5 nitrogen and oxygen atoms in total. The van der Waals surface area contributed by atoms with Gasteiger partial charge >= 0.3 is 6.03 Å². The summed E-state index contributed by atoms with van der Waals surface area (Å²) < 4.78 is 0. The molecule has 5 heteroatoms. The molecule has 1 heterocycles. The Morgan fingerprint density at radius 3 is 2.27 bits per heavy atom. The lowest BCUT2D eigenvalue weighted by atomic mass is 9.84. The van der Waals surface area contributed by atoms with Crippen molar-refractivity contribution < 1.29 is 9.59 Å². The van der Waals surface area contributed by atoms with Crippen molar-refractivity contribution in [2.24, 2.45) is 5.92 Å². The fourth-order valence-electron chi connectivity index (χ4n) is 2.98. The second kappa shape index (κ2) is 6.81. The van der Waals surface area contributed by atoms with Crippen molar-refractivity contribution in [2.75, 3.05) is 31.5 Å². The van der Waals surface area contributed by atoms with Crippen molar-refractivity contribution in [2.45, 2.75) is 25.7 Å². The van der Waals surface area contributed by atoms with Crippen LogP contribution in [-0.4, -0.2) is 47.9 Å². The smallest absolute Gasteiger partial charge is 0.321 e. The van der Waals surface area contributed by atoms with Crippen molar-refractivity contribution in [3.8, 4) is 0 Å². The van der Waals surface area contributed by atoms with Gasteiger partial charge in [-0.3, -0.25) is 4.79 Å². The number of hydrogen-bond acceptors (Lipinski definition) is 2.